The molecule has 0 spiro atoms. The molecule has 24 heavy (non-hydrogen) atoms. The molecule has 3 N–H and O–H groups in total. The average Bonchev–Trinajstić information content (AvgIpc) is 2.58. The molecule has 0 bridgehead atoms. The van der Waals surface area contributed by atoms with Crippen molar-refractivity contribution in [2.75, 3.05) is 5.32 Å². The third kappa shape index (κ3) is 3.17. The van der Waals surface area contributed by atoms with Gasteiger partial charge in [-0.1, -0.05) is 18.2 Å². The summed E-state index contributed by atoms with van der Waals surface area (Å²) in [6, 6.07) is 15.2. The van der Waals surface area contributed by atoms with Crippen molar-refractivity contribution in [3.05, 3.63) is 76.7 Å². The molecule has 3 aromatic rings. The van der Waals surface area contributed by atoms with Crippen LogP contribution in [-0.4, -0.2) is 16.4 Å². The quantitative estimate of drug-likeness (QED) is 0.766. The van der Waals surface area contributed by atoms with Crippen LogP contribution in [-0.2, 0) is 11.3 Å². The Morgan fingerprint density at radius 1 is 1.00 bits per heavy atom. The molecule has 120 valence electrons. The predicted molar refractivity (Wildman–Crippen MR) is 91.8 cm³/mol. The summed E-state index contributed by atoms with van der Waals surface area (Å²) in [5.41, 5.74) is 5.84. The summed E-state index contributed by atoms with van der Waals surface area (Å²) in [6.07, 6.45) is 1.60. The molecular weight excluding hydrogens is 306 g/mol. The minimum absolute atomic E-state index is 0.0960. The third-order valence-electron chi connectivity index (χ3n) is 3.65. The molecule has 0 aliphatic rings. The molecule has 3 rings (SSSR count). The van der Waals surface area contributed by atoms with Gasteiger partial charge in [-0.3, -0.25) is 14.4 Å². The number of fused-ring (bicyclic) bond motifs is 1. The number of hydrogen-bond acceptors (Lipinski definition) is 3. The number of benzene rings is 2. The van der Waals surface area contributed by atoms with Crippen LogP contribution in [0.25, 0.3) is 10.8 Å². The van der Waals surface area contributed by atoms with Gasteiger partial charge in [-0.2, -0.15) is 0 Å². The number of carbonyl (C=O) groups is 2. The van der Waals surface area contributed by atoms with E-state index in [1.807, 2.05) is 12.1 Å². The zero-order chi connectivity index (χ0) is 17.1. The molecule has 0 aliphatic heterocycles. The maximum Gasteiger partial charge on any atom is 0.258 e. The van der Waals surface area contributed by atoms with Crippen molar-refractivity contribution in [2.24, 2.45) is 5.73 Å². The standard InChI is InChI=1S/C18H15N3O3/c19-17(23)13-5-7-14(8-6-13)20-16(22)11-21-10-9-12-3-1-2-4-15(12)18(21)24/h1-10H,11H2,(H2,19,23)(H,20,22). The number of hydrogen-bond donors (Lipinski definition) is 2. The Bertz CT molecular complexity index is 975. The highest BCUT2D eigenvalue weighted by atomic mass is 16.2. The number of amides is 2. The van der Waals surface area contributed by atoms with Crippen molar-refractivity contribution < 1.29 is 9.59 Å². The minimum atomic E-state index is -0.532. The zero-order valence-electron chi connectivity index (χ0n) is 12.7. The first-order valence-electron chi connectivity index (χ1n) is 7.32. The molecule has 6 heteroatoms. The second-order valence-corrected chi connectivity index (χ2v) is 5.33. The first-order chi connectivity index (χ1) is 11.5. The van der Waals surface area contributed by atoms with Crippen molar-refractivity contribution >= 4 is 28.3 Å². The van der Waals surface area contributed by atoms with Gasteiger partial charge in [0, 0.05) is 22.8 Å². The molecule has 0 aliphatic carbocycles. The molecule has 2 amide bonds. The second kappa shape index (κ2) is 6.37. The Morgan fingerprint density at radius 2 is 1.71 bits per heavy atom. The number of nitrogens with zero attached hydrogens (tertiary/aromatic N) is 1. The van der Waals surface area contributed by atoms with Gasteiger partial charge in [-0.05, 0) is 41.8 Å². The first kappa shape index (κ1) is 15.5. The lowest BCUT2D eigenvalue weighted by molar-refractivity contribution is -0.116. The van der Waals surface area contributed by atoms with E-state index < -0.39 is 5.91 Å². The normalized spacial score (nSPS) is 10.5. The number of rotatable bonds is 4. The number of carbonyl (C=O) groups excluding carboxylic acids is 2. The summed E-state index contributed by atoms with van der Waals surface area (Å²) in [6.45, 7) is -0.0960. The Labute approximate surface area is 137 Å². The van der Waals surface area contributed by atoms with Gasteiger partial charge in [-0.15, -0.1) is 0 Å². The lowest BCUT2D eigenvalue weighted by Crippen LogP contribution is -2.27. The minimum Gasteiger partial charge on any atom is -0.366 e. The third-order valence-corrected chi connectivity index (χ3v) is 3.65. The molecular formula is C18H15N3O3. The molecule has 6 nitrogen and oxygen atoms in total. The molecule has 1 heterocycles. The van der Waals surface area contributed by atoms with Gasteiger partial charge in [0.1, 0.15) is 6.54 Å². The van der Waals surface area contributed by atoms with Gasteiger partial charge in [0.25, 0.3) is 5.56 Å². The van der Waals surface area contributed by atoms with E-state index in [4.69, 9.17) is 5.73 Å². The topological polar surface area (TPSA) is 94.2 Å². The highest BCUT2D eigenvalue weighted by Gasteiger charge is 2.08. The number of anilines is 1. The van der Waals surface area contributed by atoms with Crippen molar-refractivity contribution in [2.45, 2.75) is 6.54 Å². The van der Waals surface area contributed by atoms with E-state index in [-0.39, 0.29) is 18.0 Å². The lowest BCUT2D eigenvalue weighted by Gasteiger charge is -2.09. The van der Waals surface area contributed by atoms with E-state index in [0.29, 0.717) is 16.6 Å². The van der Waals surface area contributed by atoms with Crippen LogP contribution in [0.5, 0.6) is 0 Å². The molecule has 0 fully saturated rings. The predicted octanol–water partition coefficient (Wildman–Crippen LogP) is 1.74. The van der Waals surface area contributed by atoms with E-state index >= 15 is 0 Å². The fourth-order valence-electron chi connectivity index (χ4n) is 2.43. The molecule has 2 aromatic carbocycles. The number of aromatic nitrogens is 1. The summed E-state index contributed by atoms with van der Waals surface area (Å²) < 4.78 is 1.36. The van der Waals surface area contributed by atoms with Gasteiger partial charge in [0.05, 0.1) is 0 Å². The lowest BCUT2D eigenvalue weighted by atomic mass is 10.2. The number of nitrogens with one attached hydrogen (secondary N) is 1. The Morgan fingerprint density at radius 3 is 2.42 bits per heavy atom. The smallest absolute Gasteiger partial charge is 0.258 e. The molecule has 0 unspecified atom stereocenters. The Kier molecular flexibility index (Phi) is 4.11. The van der Waals surface area contributed by atoms with Crippen LogP contribution in [0, 0.1) is 0 Å². The zero-order valence-corrected chi connectivity index (χ0v) is 12.7. The van der Waals surface area contributed by atoms with E-state index in [2.05, 4.69) is 5.32 Å². The van der Waals surface area contributed by atoms with Crippen molar-refractivity contribution in [1.29, 1.82) is 0 Å². The Hall–Kier alpha value is -3.41. The van der Waals surface area contributed by atoms with Crippen LogP contribution in [0.3, 0.4) is 0 Å². The van der Waals surface area contributed by atoms with Gasteiger partial charge < -0.3 is 15.6 Å². The summed E-state index contributed by atoms with van der Waals surface area (Å²) in [5.74, 6) is -0.866. The van der Waals surface area contributed by atoms with Gasteiger partial charge in [0.15, 0.2) is 0 Å². The largest absolute Gasteiger partial charge is 0.366 e. The van der Waals surface area contributed by atoms with Crippen LogP contribution in [0.15, 0.2) is 65.6 Å². The molecule has 0 radical (unpaired) electrons. The Balaban J connectivity index is 1.76. The fourth-order valence-corrected chi connectivity index (χ4v) is 2.43. The van der Waals surface area contributed by atoms with Crippen LogP contribution >= 0.6 is 0 Å². The average molecular weight is 321 g/mol. The summed E-state index contributed by atoms with van der Waals surface area (Å²) in [4.78, 5) is 35.5. The summed E-state index contributed by atoms with van der Waals surface area (Å²) in [7, 11) is 0. The maximum atomic E-state index is 12.4. The SMILES string of the molecule is NC(=O)c1ccc(NC(=O)Cn2ccc3ccccc3c2=O)cc1. The monoisotopic (exact) mass is 321 g/mol. The first-order valence-corrected chi connectivity index (χ1v) is 7.32. The molecule has 0 atom stereocenters. The molecule has 0 saturated carbocycles. The van der Waals surface area contributed by atoms with Gasteiger partial charge in [-0.25, -0.2) is 0 Å². The van der Waals surface area contributed by atoms with Crippen LogP contribution in [0.1, 0.15) is 10.4 Å². The van der Waals surface area contributed by atoms with E-state index in [9.17, 15) is 14.4 Å². The van der Waals surface area contributed by atoms with E-state index in [0.717, 1.165) is 5.39 Å². The molecule has 0 saturated heterocycles. The van der Waals surface area contributed by atoms with Crippen LogP contribution in [0.2, 0.25) is 0 Å². The number of primary amides is 1. The number of nitrogens with two attached hydrogens (primary N) is 1. The number of pyridine rings is 1. The fraction of sp³-hybridized carbons (Fsp3) is 0.0556. The van der Waals surface area contributed by atoms with Crippen LogP contribution in [0.4, 0.5) is 5.69 Å². The highest BCUT2D eigenvalue weighted by Crippen LogP contribution is 2.10. The molecule has 1 aromatic heterocycles. The van der Waals surface area contributed by atoms with E-state index in [1.165, 1.54) is 16.7 Å². The van der Waals surface area contributed by atoms with Gasteiger partial charge >= 0.3 is 0 Å². The van der Waals surface area contributed by atoms with Crippen molar-refractivity contribution in [3.63, 3.8) is 0 Å². The van der Waals surface area contributed by atoms with Gasteiger partial charge in [0.2, 0.25) is 11.8 Å². The van der Waals surface area contributed by atoms with Crippen LogP contribution < -0.4 is 16.6 Å². The maximum absolute atomic E-state index is 12.4. The van der Waals surface area contributed by atoms with Crippen molar-refractivity contribution in [3.8, 4) is 0 Å². The highest BCUT2D eigenvalue weighted by molar-refractivity contribution is 5.94. The van der Waals surface area contributed by atoms with E-state index in [1.54, 1.807) is 36.5 Å². The second-order valence-electron chi connectivity index (χ2n) is 5.33. The van der Waals surface area contributed by atoms with Crippen molar-refractivity contribution in [1.82, 2.24) is 4.57 Å². The summed E-state index contributed by atoms with van der Waals surface area (Å²) >= 11 is 0. The summed E-state index contributed by atoms with van der Waals surface area (Å²) in [5, 5.41) is 4.08.